The zero-order valence-corrected chi connectivity index (χ0v) is 30.1. The van der Waals surface area contributed by atoms with Crippen molar-refractivity contribution in [1.82, 2.24) is 9.97 Å². The van der Waals surface area contributed by atoms with E-state index in [1.165, 1.54) is 48.6 Å². The van der Waals surface area contributed by atoms with Crippen LogP contribution in [0.15, 0.2) is 148 Å². The highest BCUT2D eigenvalue weighted by atomic mass is 19.2. The first-order chi connectivity index (χ1) is 28.9. The molecule has 0 radical (unpaired) electrons. The lowest BCUT2D eigenvalue weighted by atomic mass is 9.98. The Kier molecular flexibility index (Phi) is 9.23. The fraction of sp³-hybridized carbons (Fsp3) is 0. The van der Waals surface area contributed by atoms with Gasteiger partial charge in [-0.05, 0) is 59.7 Å². The van der Waals surface area contributed by atoms with Gasteiger partial charge in [-0.3, -0.25) is 0 Å². The Morgan fingerprint density at radius 2 is 0.750 bits per heavy atom. The molecule has 0 atom stereocenters. The van der Waals surface area contributed by atoms with Gasteiger partial charge in [-0.15, -0.1) is 0 Å². The minimum atomic E-state index is -2.37. The predicted molar refractivity (Wildman–Crippen MR) is 204 cm³/mol. The average Bonchev–Trinajstić information content (AvgIpc) is 4.12. The number of benzene rings is 4. The summed E-state index contributed by atoms with van der Waals surface area (Å²) in [5, 5.41) is 0. The second-order valence-electron chi connectivity index (χ2n) is 13.4. The van der Waals surface area contributed by atoms with E-state index in [1.807, 2.05) is 24.3 Å². The zero-order valence-electron chi connectivity index (χ0n) is 30.1. The minimum absolute atomic E-state index is 0.0143. The van der Waals surface area contributed by atoms with Gasteiger partial charge in [0.2, 0.25) is 11.6 Å². The number of aliphatic imine (C=N–C) groups is 2. The normalized spacial score (nSPS) is 14.3. The molecule has 5 heterocycles. The lowest BCUT2D eigenvalue weighted by molar-refractivity contribution is 0.376. The summed E-state index contributed by atoms with van der Waals surface area (Å²) in [6.07, 6.45) is 5.23. The average molecular weight is 819 g/mol. The number of hydrogen-bond acceptors (Lipinski definition) is 2. The predicted octanol–water partition coefficient (Wildman–Crippen LogP) is 11.8. The maximum atomic E-state index is 15.7. The molecule has 14 heteroatoms. The van der Waals surface area contributed by atoms with Crippen LogP contribution in [0.25, 0.3) is 28.1 Å². The Morgan fingerprint density at radius 3 is 1.13 bits per heavy atom. The number of aromatic amines is 2. The van der Waals surface area contributed by atoms with Crippen molar-refractivity contribution in [3.8, 4) is 11.4 Å². The number of rotatable bonds is 4. The van der Waals surface area contributed by atoms with Gasteiger partial charge in [-0.25, -0.2) is 53.9 Å². The van der Waals surface area contributed by atoms with Gasteiger partial charge in [-0.2, -0.15) is 0 Å². The van der Waals surface area contributed by atoms with Gasteiger partial charge in [0.25, 0.3) is 0 Å². The molecule has 2 N–H and O–H groups in total. The first-order valence-electron chi connectivity index (χ1n) is 17.7. The van der Waals surface area contributed by atoms with Gasteiger partial charge in [0.1, 0.15) is 0 Å². The molecule has 6 aromatic rings. The number of fused-ring (bicyclic) bond motifs is 7. The first kappa shape index (κ1) is 37.9. The fourth-order valence-electron chi connectivity index (χ4n) is 7.03. The zero-order chi connectivity index (χ0) is 42.0. The van der Waals surface area contributed by atoms with Gasteiger partial charge in [0, 0.05) is 28.1 Å². The number of nitrogens with one attached hydrogen (secondary N) is 2. The van der Waals surface area contributed by atoms with E-state index >= 15 is 17.6 Å². The quantitative estimate of drug-likeness (QED) is 0.0771. The number of aromatic nitrogens is 2. The standard InChI is InChI=1S/C46H20F10N4/c47-37-35(38(48)42(52)45(55)41(37)51)33-29-17-13-25(57-29)24(12-11-23(21-7-3-1-4-8-21)22-9-5-2-6-10-22)26-14-18-30(58-26)34(36-39(49)43(53)46(56)44(54)40(36)50)32-20-16-28(60-32)27-15-19-31(33)59-27/h1-10,13-20,59-60H. The second kappa shape index (κ2) is 14.6. The van der Waals surface area contributed by atoms with Gasteiger partial charge in [-0.1, -0.05) is 72.1 Å². The molecule has 0 saturated heterocycles. The SMILES string of the molecule is Fc1c(F)c(F)c(C2=C3C=CC(=N3)C(=C=C=C(c3ccccc3)c3ccccc3)C3=NC(=C(c4c(F)c(F)c(F)c(F)c4F)c4ccc([nH]4)-c4ccc2[nH]4)C=C3)c(F)c1F. The molecule has 0 fully saturated rings. The summed E-state index contributed by atoms with van der Waals surface area (Å²) in [6, 6.07) is 23.3. The molecular formula is C46H20F10N4. The summed E-state index contributed by atoms with van der Waals surface area (Å²) in [6.45, 7) is 0. The maximum Gasteiger partial charge on any atom is 0.200 e. The van der Waals surface area contributed by atoms with Crippen LogP contribution in [0.1, 0.15) is 33.6 Å². The lowest BCUT2D eigenvalue weighted by Gasteiger charge is -2.13. The molecule has 3 aliphatic heterocycles. The van der Waals surface area contributed by atoms with Crippen molar-refractivity contribution in [2.45, 2.75) is 0 Å². The highest BCUT2D eigenvalue weighted by molar-refractivity contribution is 6.33. The highest BCUT2D eigenvalue weighted by Crippen LogP contribution is 2.40. The molecular weight excluding hydrogens is 799 g/mol. The van der Waals surface area contributed by atoms with Crippen molar-refractivity contribution in [3.63, 3.8) is 0 Å². The highest BCUT2D eigenvalue weighted by Gasteiger charge is 2.34. The molecule has 3 aliphatic rings. The largest absolute Gasteiger partial charge is 0.353 e. The number of halogens is 10. The second-order valence-corrected chi connectivity index (χ2v) is 13.4. The van der Waals surface area contributed by atoms with Crippen molar-refractivity contribution in [1.29, 1.82) is 0 Å². The molecule has 60 heavy (non-hydrogen) atoms. The minimum Gasteiger partial charge on any atom is -0.353 e. The molecule has 2 aromatic heterocycles. The number of allylic oxidation sites excluding steroid dienone is 5. The van der Waals surface area contributed by atoms with Crippen LogP contribution < -0.4 is 0 Å². The molecule has 294 valence electrons. The Balaban J connectivity index is 1.41. The third-order valence-corrected chi connectivity index (χ3v) is 9.86. The van der Waals surface area contributed by atoms with Crippen molar-refractivity contribution in [2.75, 3.05) is 0 Å². The van der Waals surface area contributed by atoms with Crippen LogP contribution >= 0.6 is 0 Å². The van der Waals surface area contributed by atoms with Crippen molar-refractivity contribution in [3.05, 3.63) is 229 Å². The monoisotopic (exact) mass is 818 g/mol. The van der Waals surface area contributed by atoms with Crippen molar-refractivity contribution in [2.24, 2.45) is 9.98 Å². The van der Waals surface area contributed by atoms with E-state index in [1.54, 1.807) is 36.4 Å². The Hall–Kier alpha value is -7.66. The summed E-state index contributed by atoms with van der Waals surface area (Å²) >= 11 is 0. The number of hydrogen-bond donors (Lipinski definition) is 2. The third-order valence-electron chi connectivity index (χ3n) is 9.86. The first-order valence-corrected chi connectivity index (χ1v) is 17.7. The number of nitrogens with zero attached hydrogens (tertiary/aromatic N) is 2. The Labute approximate surface area is 332 Å². The lowest BCUT2D eigenvalue weighted by Crippen LogP contribution is -2.09. The molecule has 0 unspecified atom stereocenters. The van der Waals surface area contributed by atoms with Gasteiger partial charge >= 0.3 is 0 Å². The Morgan fingerprint density at radius 1 is 0.400 bits per heavy atom. The van der Waals surface area contributed by atoms with E-state index < -0.39 is 80.4 Å². The fourth-order valence-corrected chi connectivity index (χ4v) is 7.03. The summed E-state index contributed by atoms with van der Waals surface area (Å²) in [5.74, 6) is -22.1. The number of H-pyrrole nitrogens is 2. The van der Waals surface area contributed by atoms with E-state index in [2.05, 4.69) is 31.4 Å². The summed E-state index contributed by atoms with van der Waals surface area (Å²) in [7, 11) is 0. The van der Waals surface area contributed by atoms with Gasteiger partial charge < -0.3 is 9.97 Å². The van der Waals surface area contributed by atoms with Crippen LogP contribution in [0.2, 0.25) is 0 Å². The van der Waals surface area contributed by atoms with E-state index in [4.69, 9.17) is 0 Å². The topological polar surface area (TPSA) is 56.3 Å². The van der Waals surface area contributed by atoms with E-state index in [0.29, 0.717) is 16.7 Å². The molecule has 0 saturated carbocycles. The van der Waals surface area contributed by atoms with Crippen LogP contribution in [0.5, 0.6) is 0 Å². The molecule has 9 rings (SSSR count). The van der Waals surface area contributed by atoms with Gasteiger partial charge in [0.05, 0.1) is 50.9 Å². The molecule has 0 amide bonds. The van der Waals surface area contributed by atoms with Crippen molar-refractivity contribution >= 4 is 28.1 Å². The van der Waals surface area contributed by atoms with Crippen LogP contribution in [-0.4, -0.2) is 21.4 Å². The van der Waals surface area contributed by atoms with Crippen LogP contribution in [-0.2, 0) is 0 Å². The summed E-state index contributed by atoms with van der Waals surface area (Å²) < 4.78 is 150. The maximum absolute atomic E-state index is 15.7. The smallest absolute Gasteiger partial charge is 0.200 e. The molecule has 4 nitrogen and oxygen atoms in total. The van der Waals surface area contributed by atoms with Crippen LogP contribution in [0.4, 0.5) is 43.9 Å². The van der Waals surface area contributed by atoms with Crippen molar-refractivity contribution < 1.29 is 43.9 Å². The summed E-state index contributed by atoms with van der Waals surface area (Å²) in [4.78, 5) is 14.9. The molecule has 4 aromatic carbocycles. The molecule has 0 spiro atoms. The molecule has 0 aliphatic carbocycles. The van der Waals surface area contributed by atoms with E-state index in [-0.39, 0.29) is 51.2 Å². The van der Waals surface area contributed by atoms with E-state index in [9.17, 15) is 26.3 Å². The Bertz CT molecular complexity index is 2890. The third kappa shape index (κ3) is 6.13. The van der Waals surface area contributed by atoms with Gasteiger partial charge in [0.15, 0.2) is 46.5 Å². The summed E-state index contributed by atoms with van der Waals surface area (Å²) in [5.41, 5.74) is 3.62. The van der Waals surface area contributed by atoms with E-state index in [0.717, 1.165) is 0 Å². The van der Waals surface area contributed by atoms with Crippen LogP contribution in [0, 0.1) is 58.2 Å². The molecule has 8 bridgehead atoms. The van der Waals surface area contributed by atoms with Crippen LogP contribution in [0.3, 0.4) is 0 Å².